The molecule has 9 heteroatoms. The summed E-state index contributed by atoms with van der Waals surface area (Å²) in [5, 5.41) is 6.53. The zero-order valence-electron chi connectivity index (χ0n) is 12.0. The van der Waals surface area contributed by atoms with Gasteiger partial charge in [0.2, 0.25) is 0 Å². The summed E-state index contributed by atoms with van der Waals surface area (Å²) >= 11 is 6.06. The molecule has 0 unspecified atom stereocenters. The fourth-order valence-corrected chi connectivity index (χ4v) is 1.88. The van der Waals surface area contributed by atoms with Crippen LogP contribution in [0.15, 0.2) is 30.7 Å². The lowest BCUT2D eigenvalue weighted by atomic mass is 10.4. The minimum Gasteiger partial charge on any atom is -0.439 e. The maximum atomic E-state index is 12.0. The number of aromatic nitrogens is 3. The Morgan fingerprint density at radius 1 is 1.50 bits per heavy atom. The van der Waals surface area contributed by atoms with Crippen molar-refractivity contribution in [3.63, 3.8) is 0 Å². The van der Waals surface area contributed by atoms with Crippen LogP contribution >= 0.6 is 11.6 Å². The number of hydrogen-bond acceptors (Lipinski definition) is 5. The van der Waals surface area contributed by atoms with E-state index < -0.39 is 18.6 Å². The summed E-state index contributed by atoms with van der Waals surface area (Å²) in [6.45, 7) is -0.398. The van der Waals surface area contributed by atoms with Crippen molar-refractivity contribution in [1.82, 2.24) is 20.1 Å². The molecule has 0 saturated carbocycles. The monoisotopic (exact) mass is 323 g/mol. The highest BCUT2D eigenvalue weighted by atomic mass is 35.5. The molecule has 0 aliphatic carbocycles. The number of likely N-dealkylation sites (N-methyl/N-ethyl adjacent to an activating group) is 1. The van der Waals surface area contributed by atoms with E-state index in [-0.39, 0.29) is 5.15 Å². The highest BCUT2D eigenvalue weighted by Crippen LogP contribution is 2.24. The van der Waals surface area contributed by atoms with Gasteiger partial charge in [-0.1, -0.05) is 11.6 Å². The molecular weight excluding hydrogens is 310 g/mol. The quantitative estimate of drug-likeness (QED) is 0.914. The third-order valence-corrected chi connectivity index (χ3v) is 3.10. The predicted octanol–water partition coefficient (Wildman–Crippen LogP) is 1.24. The van der Waals surface area contributed by atoms with Gasteiger partial charge in [-0.15, -0.1) is 0 Å². The molecule has 0 saturated heterocycles. The van der Waals surface area contributed by atoms with Crippen molar-refractivity contribution in [1.29, 1.82) is 0 Å². The van der Waals surface area contributed by atoms with Gasteiger partial charge in [-0.3, -0.25) is 9.78 Å². The van der Waals surface area contributed by atoms with Crippen LogP contribution in [0.1, 0.15) is 0 Å². The minimum atomic E-state index is -0.682. The predicted molar refractivity (Wildman–Crippen MR) is 80.2 cm³/mol. The SMILES string of the molecule is CNC(=O)OCC(=O)N(C)c1cn(-c2cccnc2)nc1Cl. The molecule has 0 atom stereocenters. The van der Waals surface area contributed by atoms with Crippen LogP contribution in [0.5, 0.6) is 0 Å². The maximum absolute atomic E-state index is 12.0. The smallest absolute Gasteiger partial charge is 0.407 e. The van der Waals surface area contributed by atoms with Crippen LogP contribution in [0.4, 0.5) is 10.5 Å². The van der Waals surface area contributed by atoms with E-state index >= 15 is 0 Å². The molecule has 2 aromatic rings. The molecule has 8 nitrogen and oxygen atoms in total. The van der Waals surface area contributed by atoms with Gasteiger partial charge in [0.05, 0.1) is 18.1 Å². The summed E-state index contributed by atoms with van der Waals surface area (Å²) in [6.07, 6.45) is 4.17. The second-order valence-corrected chi connectivity index (χ2v) is 4.60. The first-order valence-corrected chi connectivity index (χ1v) is 6.67. The van der Waals surface area contributed by atoms with Gasteiger partial charge >= 0.3 is 6.09 Å². The highest BCUT2D eigenvalue weighted by molar-refractivity contribution is 6.32. The molecule has 116 valence electrons. The highest BCUT2D eigenvalue weighted by Gasteiger charge is 2.19. The minimum absolute atomic E-state index is 0.152. The Balaban J connectivity index is 2.13. The third-order valence-electron chi connectivity index (χ3n) is 2.83. The Labute approximate surface area is 131 Å². The number of carbonyl (C=O) groups is 2. The van der Waals surface area contributed by atoms with E-state index in [2.05, 4.69) is 15.4 Å². The maximum Gasteiger partial charge on any atom is 0.407 e. The molecule has 0 fully saturated rings. The molecule has 2 rings (SSSR count). The zero-order valence-corrected chi connectivity index (χ0v) is 12.7. The Kier molecular flexibility index (Phi) is 4.95. The van der Waals surface area contributed by atoms with Crippen molar-refractivity contribution < 1.29 is 14.3 Å². The number of amides is 2. The fraction of sp³-hybridized carbons (Fsp3) is 0.231. The molecule has 0 aliphatic rings. The summed E-state index contributed by atoms with van der Waals surface area (Å²) in [6, 6.07) is 3.56. The summed E-state index contributed by atoms with van der Waals surface area (Å²) in [5.41, 5.74) is 1.11. The number of nitrogens with one attached hydrogen (secondary N) is 1. The largest absolute Gasteiger partial charge is 0.439 e. The number of carbonyl (C=O) groups excluding carboxylic acids is 2. The summed E-state index contributed by atoms with van der Waals surface area (Å²) < 4.78 is 6.21. The summed E-state index contributed by atoms with van der Waals surface area (Å²) in [7, 11) is 2.93. The van der Waals surface area contributed by atoms with Crippen molar-refractivity contribution >= 4 is 29.3 Å². The van der Waals surface area contributed by atoms with Crippen molar-refractivity contribution in [3.8, 4) is 5.69 Å². The first-order valence-electron chi connectivity index (χ1n) is 6.29. The van der Waals surface area contributed by atoms with E-state index in [1.165, 1.54) is 23.7 Å². The fourth-order valence-electron chi connectivity index (χ4n) is 1.62. The van der Waals surface area contributed by atoms with E-state index in [4.69, 9.17) is 16.3 Å². The molecule has 0 aliphatic heterocycles. The van der Waals surface area contributed by atoms with Gasteiger partial charge in [-0.2, -0.15) is 5.10 Å². The average molecular weight is 324 g/mol. The second kappa shape index (κ2) is 6.90. The lowest BCUT2D eigenvalue weighted by Crippen LogP contribution is -2.32. The second-order valence-electron chi connectivity index (χ2n) is 4.24. The van der Waals surface area contributed by atoms with Crippen molar-refractivity contribution in [2.45, 2.75) is 0 Å². The first kappa shape index (κ1) is 15.8. The molecule has 1 N–H and O–H groups in total. The molecule has 0 radical (unpaired) electrons. The first-order chi connectivity index (χ1) is 10.5. The van der Waals surface area contributed by atoms with E-state index in [0.29, 0.717) is 11.4 Å². The van der Waals surface area contributed by atoms with E-state index in [0.717, 1.165) is 0 Å². The van der Waals surface area contributed by atoms with Gasteiger partial charge in [-0.05, 0) is 12.1 Å². The Morgan fingerprint density at radius 2 is 2.27 bits per heavy atom. The number of hydrogen-bond donors (Lipinski definition) is 1. The van der Waals surface area contributed by atoms with Gasteiger partial charge in [0.15, 0.2) is 11.8 Å². The van der Waals surface area contributed by atoms with Gasteiger partial charge in [0.1, 0.15) is 5.69 Å². The van der Waals surface area contributed by atoms with Crippen molar-refractivity contribution in [2.24, 2.45) is 0 Å². The van der Waals surface area contributed by atoms with Crippen LogP contribution in [0, 0.1) is 0 Å². The number of alkyl carbamates (subject to hydrolysis) is 1. The molecule has 2 heterocycles. The number of rotatable bonds is 4. The molecule has 0 bridgehead atoms. The topological polar surface area (TPSA) is 89.4 Å². The average Bonchev–Trinajstić information content (AvgIpc) is 2.94. The molecular formula is C13H14ClN5O3. The summed E-state index contributed by atoms with van der Waals surface area (Å²) in [5.74, 6) is -0.434. The van der Waals surface area contributed by atoms with Crippen LogP contribution < -0.4 is 10.2 Å². The lowest BCUT2D eigenvalue weighted by Gasteiger charge is -2.15. The van der Waals surface area contributed by atoms with Gasteiger partial charge in [0, 0.05) is 20.3 Å². The van der Waals surface area contributed by atoms with Gasteiger partial charge < -0.3 is 15.0 Å². The van der Waals surface area contributed by atoms with Crippen LogP contribution in [0.3, 0.4) is 0 Å². The number of halogens is 1. The normalized spacial score (nSPS) is 10.1. The van der Waals surface area contributed by atoms with E-state index in [1.807, 2.05) is 0 Å². The zero-order chi connectivity index (χ0) is 16.1. The van der Waals surface area contributed by atoms with Crippen LogP contribution in [0.25, 0.3) is 5.69 Å². The number of nitrogens with zero attached hydrogens (tertiary/aromatic N) is 4. The Bertz CT molecular complexity index is 674. The number of ether oxygens (including phenoxy) is 1. The van der Waals surface area contributed by atoms with Crippen LogP contribution in [-0.4, -0.2) is 47.5 Å². The number of pyridine rings is 1. The van der Waals surface area contributed by atoms with Crippen molar-refractivity contribution in [3.05, 3.63) is 35.9 Å². The van der Waals surface area contributed by atoms with Gasteiger partial charge in [-0.25, -0.2) is 9.48 Å². The molecule has 2 amide bonds. The lowest BCUT2D eigenvalue weighted by molar-refractivity contribution is -0.121. The molecule has 0 spiro atoms. The third kappa shape index (κ3) is 3.53. The Hall–Kier alpha value is -2.61. The molecule has 2 aromatic heterocycles. The van der Waals surface area contributed by atoms with Gasteiger partial charge in [0.25, 0.3) is 5.91 Å². The molecule has 22 heavy (non-hydrogen) atoms. The van der Waals surface area contributed by atoms with E-state index in [9.17, 15) is 9.59 Å². The summed E-state index contributed by atoms with van der Waals surface area (Å²) in [4.78, 5) is 28.2. The molecule has 0 aromatic carbocycles. The Morgan fingerprint density at radius 3 is 2.91 bits per heavy atom. The van der Waals surface area contributed by atoms with E-state index in [1.54, 1.807) is 30.7 Å². The van der Waals surface area contributed by atoms with Crippen molar-refractivity contribution in [2.75, 3.05) is 25.6 Å². The standard InChI is InChI=1S/C13H14ClN5O3/c1-15-13(21)22-8-11(20)18(2)10-7-19(17-12(10)14)9-4-3-5-16-6-9/h3-7H,8H2,1-2H3,(H,15,21). The van der Waals surface area contributed by atoms with Crippen LogP contribution in [-0.2, 0) is 9.53 Å². The number of anilines is 1. The van der Waals surface area contributed by atoms with Crippen LogP contribution in [0.2, 0.25) is 5.15 Å².